The lowest BCUT2D eigenvalue weighted by atomic mass is 9.85. The summed E-state index contributed by atoms with van der Waals surface area (Å²) in [5, 5.41) is 10.1. The number of aromatic hydroxyl groups is 1. The van der Waals surface area contributed by atoms with Gasteiger partial charge in [-0.25, -0.2) is 9.37 Å². The summed E-state index contributed by atoms with van der Waals surface area (Å²) >= 11 is 0. The molecule has 3 rings (SSSR count). The molecule has 2 aromatic rings. The fraction of sp³-hybridized carbons (Fsp3) is 0.214. The van der Waals surface area contributed by atoms with E-state index in [0.717, 1.165) is 24.0 Å². The van der Waals surface area contributed by atoms with Gasteiger partial charge in [0.1, 0.15) is 5.75 Å². The highest BCUT2D eigenvalue weighted by Gasteiger charge is 2.22. The Hall–Kier alpha value is -2.10. The lowest BCUT2D eigenvalue weighted by Crippen LogP contribution is -2.08. The summed E-state index contributed by atoms with van der Waals surface area (Å²) in [6, 6.07) is 5.21. The van der Waals surface area contributed by atoms with Crippen molar-refractivity contribution in [2.24, 2.45) is 0 Å². The highest BCUT2D eigenvalue weighted by molar-refractivity contribution is 5.74. The normalized spacial score (nSPS) is 12.8. The molecule has 0 fully saturated rings. The van der Waals surface area contributed by atoms with Crippen molar-refractivity contribution in [3.63, 3.8) is 0 Å². The number of hydrogen-bond acceptors (Lipinski definition) is 3. The van der Waals surface area contributed by atoms with Gasteiger partial charge in [0.05, 0.1) is 7.11 Å². The largest absolute Gasteiger partial charge is 0.507 e. The molecule has 1 heterocycles. The highest BCUT2D eigenvalue weighted by Crippen LogP contribution is 2.40. The molecule has 0 amide bonds. The van der Waals surface area contributed by atoms with Crippen molar-refractivity contribution in [1.82, 2.24) is 4.98 Å². The van der Waals surface area contributed by atoms with Crippen molar-refractivity contribution in [3.8, 4) is 22.8 Å². The third-order valence-corrected chi connectivity index (χ3v) is 3.36. The second-order valence-corrected chi connectivity index (χ2v) is 4.28. The lowest BCUT2D eigenvalue weighted by molar-refractivity contribution is 0.370. The van der Waals surface area contributed by atoms with Crippen LogP contribution in [0.25, 0.3) is 11.1 Å². The molecule has 0 atom stereocenters. The second kappa shape index (κ2) is 3.98. The number of phenolic OH excluding ortho intramolecular Hbond substituents is 1. The maximum Gasteiger partial charge on any atom is 0.250 e. The molecule has 1 aromatic carbocycles. The van der Waals surface area contributed by atoms with Gasteiger partial charge < -0.3 is 9.84 Å². The fourth-order valence-electron chi connectivity index (χ4n) is 2.27. The van der Waals surface area contributed by atoms with E-state index in [-0.39, 0.29) is 11.6 Å². The van der Waals surface area contributed by atoms with E-state index < -0.39 is 5.82 Å². The molecule has 0 aliphatic heterocycles. The summed E-state index contributed by atoms with van der Waals surface area (Å²) in [5.74, 6) is -0.435. The van der Waals surface area contributed by atoms with Gasteiger partial charge in [0.15, 0.2) is 5.82 Å². The van der Waals surface area contributed by atoms with E-state index in [4.69, 9.17) is 4.74 Å². The van der Waals surface area contributed by atoms with Gasteiger partial charge in [-0.3, -0.25) is 0 Å². The standard InChI is InChI=1S/C14H12FNO2/c1-18-14-12(15)10(6-7-16-14)11-5-3-8-2-4-9(8)13(11)17/h3,5-7,17H,2,4H2,1H3. The van der Waals surface area contributed by atoms with Crippen LogP contribution in [0.3, 0.4) is 0 Å². The number of aryl methyl sites for hydroxylation is 1. The van der Waals surface area contributed by atoms with E-state index in [0.29, 0.717) is 11.1 Å². The van der Waals surface area contributed by atoms with Crippen LogP contribution in [0.1, 0.15) is 11.1 Å². The molecule has 1 aliphatic carbocycles. The second-order valence-electron chi connectivity index (χ2n) is 4.28. The van der Waals surface area contributed by atoms with E-state index in [9.17, 15) is 9.50 Å². The third kappa shape index (κ3) is 1.45. The summed E-state index contributed by atoms with van der Waals surface area (Å²) in [7, 11) is 1.37. The Kier molecular flexibility index (Phi) is 2.44. The molecule has 92 valence electrons. The summed E-state index contributed by atoms with van der Waals surface area (Å²) in [6.07, 6.45) is 3.29. The lowest BCUT2D eigenvalue weighted by Gasteiger charge is -2.22. The highest BCUT2D eigenvalue weighted by atomic mass is 19.1. The number of phenols is 1. The first-order chi connectivity index (χ1) is 8.72. The number of methoxy groups -OCH3 is 1. The Bertz CT molecular complexity index is 625. The van der Waals surface area contributed by atoms with Crippen molar-refractivity contribution in [2.75, 3.05) is 7.11 Å². The number of hydrogen-bond donors (Lipinski definition) is 1. The first-order valence-corrected chi connectivity index (χ1v) is 5.75. The number of benzene rings is 1. The van der Waals surface area contributed by atoms with Crippen molar-refractivity contribution >= 4 is 0 Å². The molecule has 1 aliphatic rings. The van der Waals surface area contributed by atoms with Gasteiger partial charge in [-0.1, -0.05) is 12.1 Å². The first kappa shape index (κ1) is 11.0. The molecular formula is C14H12FNO2. The van der Waals surface area contributed by atoms with E-state index in [1.807, 2.05) is 6.07 Å². The van der Waals surface area contributed by atoms with Crippen molar-refractivity contribution < 1.29 is 14.2 Å². The number of aromatic nitrogens is 1. The fourth-order valence-corrected chi connectivity index (χ4v) is 2.27. The van der Waals surface area contributed by atoms with E-state index >= 15 is 0 Å². The molecule has 18 heavy (non-hydrogen) atoms. The van der Waals surface area contributed by atoms with Crippen molar-refractivity contribution in [2.45, 2.75) is 12.8 Å². The predicted molar refractivity (Wildman–Crippen MR) is 65.3 cm³/mol. The maximum absolute atomic E-state index is 14.1. The molecule has 1 N–H and O–H groups in total. The van der Waals surface area contributed by atoms with Crippen molar-refractivity contribution in [3.05, 3.63) is 41.3 Å². The topological polar surface area (TPSA) is 42.4 Å². The smallest absolute Gasteiger partial charge is 0.250 e. The molecule has 3 nitrogen and oxygen atoms in total. The monoisotopic (exact) mass is 245 g/mol. The molecule has 0 radical (unpaired) electrons. The number of pyridine rings is 1. The molecule has 0 spiro atoms. The Labute approximate surface area is 104 Å². The minimum absolute atomic E-state index is 0.0606. The Morgan fingerprint density at radius 1 is 1.22 bits per heavy atom. The Morgan fingerprint density at radius 3 is 2.72 bits per heavy atom. The van der Waals surface area contributed by atoms with Gasteiger partial charge >= 0.3 is 0 Å². The molecule has 0 unspecified atom stereocenters. The van der Waals surface area contributed by atoms with Crippen LogP contribution in [-0.4, -0.2) is 17.2 Å². The van der Waals surface area contributed by atoms with Crippen LogP contribution in [0, 0.1) is 5.82 Å². The van der Waals surface area contributed by atoms with E-state index in [2.05, 4.69) is 4.98 Å². The number of nitrogens with zero attached hydrogens (tertiary/aromatic N) is 1. The summed E-state index contributed by atoms with van der Waals surface area (Å²) in [5.41, 5.74) is 2.86. The minimum atomic E-state index is -0.547. The predicted octanol–water partition coefficient (Wildman–Crippen LogP) is 2.70. The molecule has 0 saturated carbocycles. The third-order valence-electron chi connectivity index (χ3n) is 3.36. The average Bonchev–Trinajstić information content (AvgIpc) is 2.33. The number of fused-ring (bicyclic) bond motifs is 1. The van der Waals surface area contributed by atoms with Crippen LogP contribution < -0.4 is 4.74 Å². The van der Waals surface area contributed by atoms with Gasteiger partial charge in [0, 0.05) is 17.3 Å². The van der Waals surface area contributed by atoms with Crippen LogP contribution >= 0.6 is 0 Å². The number of ether oxygens (including phenoxy) is 1. The summed E-state index contributed by atoms with van der Waals surface area (Å²) in [6.45, 7) is 0. The molecule has 4 heteroatoms. The molecule has 0 saturated heterocycles. The molecule has 0 bridgehead atoms. The summed E-state index contributed by atoms with van der Waals surface area (Å²) in [4.78, 5) is 3.79. The van der Waals surface area contributed by atoms with Gasteiger partial charge in [0.25, 0.3) is 5.88 Å². The van der Waals surface area contributed by atoms with Gasteiger partial charge in [-0.2, -0.15) is 0 Å². The quantitative estimate of drug-likeness (QED) is 0.884. The van der Waals surface area contributed by atoms with Crippen molar-refractivity contribution in [1.29, 1.82) is 0 Å². The van der Waals surface area contributed by atoms with E-state index in [1.54, 1.807) is 6.07 Å². The van der Waals surface area contributed by atoms with Gasteiger partial charge in [-0.05, 0) is 30.0 Å². The first-order valence-electron chi connectivity index (χ1n) is 5.75. The summed E-state index contributed by atoms with van der Waals surface area (Å²) < 4.78 is 18.9. The average molecular weight is 245 g/mol. The molecular weight excluding hydrogens is 233 g/mol. The van der Waals surface area contributed by atoms with Crippen LogP contribution in [0.2, 0.25) is 0 Å². The van der Waals surface area contributed by atoms with Crippen LogP contribution in [-0.2, 0) is 12.8 Å². The van der Waals surface area contributed by atoms with Crippen LogP contribution in [0.5, 0.6) is 11.6 Å². The molecule has 1 aromatic heterocycles. The Balaban J connectivity index is 2.19. The zero-order valence-corrected chi connectivity index (χ0v) is 9.90. The maximum atomic E-state index is 14.1. The van der Waals surface area contributed by atoms with Crippen LogP contribution in [0.4, 0.5) is 4.39 Å². The van der Waals surface area contributed by atoms with Gasteiger partial charge in [0.2, 0.25) is 0 Å². The van der Waals surface area contributed by atoms with Crippen LogP contribution in [0.15, 0.2) is 24.4 Å². The Morgan fingerprint density at radius 2 is 2.06 bits per heavy atom. The number of rotatable bonds is 2. The zero-order chi connectivity index (χ0) is 12.7. The SMILES string of the molecule is COc1nccc(-c2ccc3c(c2O)CC3)c1F. The zero-order valence-electron chi connectivity index (χ0n) is 9.90. The number of halogens is 1. The van der Waals surface area contributed by atoms with E-state index in [1.165, 1.54) is 19.4 Å². The minimum Gasteiger partial charge on any atom is -0.507 e. The van der Waals surface area contributed by atoms with Gasteiger partial charge in [-0.15, -0.1) is 0 Å².